The molecule has 2 aromatic rings. The first-order valence-corrected chi connectivity index (χ1v) is 29.6. The van der Waals surface area contributed by atoms with Crippen molar-refractivity contribution in [1.29, 1.82) is 0 Å². The number of carboxylic acid groups (broad SMARTS) is 1. The van der Waals surface area contributed by atoms with Gasteiger partial charge >= 0.3 is 17.9 Å². The third kappa shape index (κ3) is 18.7. The van der Waals surface area contributed by atoms with Crippen LogP contribution in [0.3, 0.4) is 0 Å². The van der Waals surface area contributed by atoms with Gasteiger partial charge in [0, 0.05) is 18.7 Å². The van der Waals surface area contributed by atoms with Crippen LogP contribution in [0.5, 0.6) is 0 Å². The van der Waals surface area contributed by atoms with Gasteiger partial charge in [0.05, 0.1) is 44.7 Å². The number of aromatic carboxylic acids is 1. The molecule has 2 spiro atoms. The van der Waals surface area contributed by atoms with Crippen molar-refractivity contribution in [3.05, 3.63) is 70.8 Å². The fourth-order valence-corrected chi connectivity index (χ4v) is 12.0. The van der Waals surface area contributed by atoms with Gasteiger partial charge in [0.15, 0.2) is 0 Å². The predicted octanol–water partition coefficient (Wildman–Crippen LogP) is 13.3. The molecule has 0 radical (unpaired) electrons. The molecule has 3 amide bonds. The van der Waals surface area contributed by atoms with Gasteiger partial charge < -0.3 is 35.4 Å². The normalized spacial score (nSPS) is 21.7. The Morgan fingerprint density at radius 2 is 1.01 bits per heavy atom. The molecule has 80 heavy (non-hydrogen) atoms. The van der Waals surface area contributed by atoms with E-state index < -0.39 is 17.3 Å². The average Bonchev–Trinajstić information content (AvgIpc) is 3.89. The SMILES string of the molecule is CCCC[C@H](c1ccc(C(=O)NCCC(=O)OC)cc1)N1C(=O)C(CC(C)C)=NC12CCC(C(C)(C)C)CC2.CCCC[C@H](c1ccc(C(=O)O)cc1)N1C(=O)C(CC(C)C)=NC12CCC(C(C)(C)C)CC2.COC(=O)CCN.Cl. The van der Waals surface area contributed by atoms with Crippen molar-refractivity contribution >= 4 is 59.5 Å². The van der Waals surface area contributed by atoms with Crippen LogP contribution in [0.1, 0.15) is 243 Å². The molecule has 0 bridgehead atoms. The number of amides is 3. The maximum Gasteiger partial charge on any atom is 0.335 e. The summed E-state index contributed by atoms with van der Waals surface area (Å²) in [4.78, 5) is 88.0. The topological polar surface area (TPSA) is 210 Å². The first-order chi connectivity index (χ1) is 37.2. The van der Waals surface area contributed by atoms with Gasteiger partial charge in [0.2, 0.25) is 0 Å². The van der Waals surface area contributed by atoms with Gasteiger partial charge in [0.25, 0.3) is 17.7 Å². The maximum absolute atomic E-state index is 14.0. The summed E-state index contributed by atoms with van der Waals surface area (Å²) in [5.74, 6) is 0.401. The molecule has 2 aliphatic heterocycles. The number of esters is 2. The van der Waals surface area contributed by atoms with Crippen LogP contribution >= 0.6 is 12.4 Å². The van der Waals surface area contributed by atoms with Crippen molar-refractivity contribution < 1.29 is 43.3 Å². The minimum absolute atomic E-state index is 0. The zero-order chi connectivity index (χ0) is 58.9. The second-order valence-corrected chi connectivity index (χ2v) is 25.5. The van der Waals surface area contributed by atoms with Crippen molar-refractivity contribution in [3.63, 3.8) is 0 Å². The van der Waals surface area contributed by atoms with E-state index in [-0.39, 0.29) is 83.5 Å². The fourth-order valence-electron chi connectivity index (χ4n) is 12.0. The molecule has 2 saturated carbocycles. The van der Waals surface area contributed by atoms with Crippen LogP contribution in [-0.4, -0.2) is 101 Å². The highest BCUT2D eigenvalue weighted by atomic mass is 35.5. The molecule has 0 aromatic heterocycles. The minimum atomic E-state index is -0.927. The Labute approximate surface area is 486 Å². The molecule has 16 heteroatoms. The molecule has 4 aliphatic rings. The van der Waals surface area contributed by atoms with Gasteiger partial charge in [-0.2, -0.15) is 0 Å². The summed E-state index contributed by atoms with van der Waals surface area (Å²) in [6.07, 6.45) is 15.6. The van der Waals surface area contributed by atoms with E-state index in [1.165, 1.54) is 14.2 Å². The molecule has 6 rings (SSSR count). The molecule has 0 unspecified atom stereocenters. The summed E-state index contributed by atoms with van der Waals surface area (Å²) in [5.41, 5.74) is 8.87. The van der Waals surface area contributed by atoms with Gasteiger partial charge in [-0.15, -0.1) is 12.4 Å². The molecule has 4 N–H and O–H groups in total. The van der Waals surface area contributed by atoms with Gasteiger partial charge in [-0.25, -0.2) is 4.79 Å². The smallest absolute Gasteiger partial charge is 0.335 e. The highest BCUT2D eigenvalue weighted by molar-refractivity contribution is 6.41. The number of nitrogens with one attached hydrogen (secondary N) is 1. The molecule has 2 atom stereocenters. The summed E-state index contributed by atoms with van der Waals surface area (Å²) in [7, 11) is 2.68. The van der Waals surface area contributed by atoms with Crippen LogP contribution in [0.4, 0.5) is 0 Å². The highest BCUT2D eigenvalue weighted by Crippen LogP contribution is 2.52. The lowest BCUT2D eigenvalue weighted by Gasteiger charge is -2.47. The first-order valence-electron chi connectivity index (χ1n) is 29.6. The van der Waals surface area contributed by atoms with Gasteiger partial charge in [0.1, 0.15) is 22.7 Å². The molecule has 2 heterocycles. The number of rotatable bonds is 21. The molecular weight excluding hydrogens is 1030 g/mol. The number of nitrogens with zero attached hydrogens (tertiary/aromatic N) is 4. The highest BCUT2D eigenvalue weighted by Gasteiger charge is 2.54. The van der Waals surface area contributed by atoms with Gasteiger partial charge in [-0.3, -0.25) is 34.0 Å². The minimum Gasteiger partial charge on any atom is -0.478 e. The molecule has 2 fully saturated rings. The quantitative estimate of drug-likeness (QED) is 0.101. The number of hydrogen-bond acceptors (Lipinski definition) is 11. The van der Waals surface area contributed by atoms with Crippen molar-refractivity contribution in [2.75, 3.05) is 27.3 Å². The van der Waals surface area contributed by atoms with Crippen LogP contribution < -0.4 is 11.1 Å². The fraction of sp³-hybridized carbons (Fsp3) is 0.688. The van der Waals surface area contributed by atoms with Crippen LogP contribution in [0.25, 0.3) is 0 Å². The maximum atomic E-state index is 14.0. The Hall–Kier alpha value is -5.15. The number of hydrogen-bond donors (Lipinski definition) is 3. The van der Waals surface area contributed by atoms with Crippen LogP contribution in [0, 0.1) is 34.5 Å². The van der Waals surface area contributed by atoms with Crippen LogP contribution in [0.15, 0.2) is 58.5 Å². The van der Waals surface area contributed by atoms with Gasteiger partial charge in [-0.05, 0) is 147 Å². The molecule has 448 valence electrons. The molecule has 0 saturated heterocycles. The molecule has 2 aromatic carbocycles. The van der Waals surface area contributed by atoms with Crippen molar-refractivity contribution in [1.82, 2.24) is 15.1 Å². The molecular formula is C64H101ClN6O9. The van der Waals surface area contributed by atoms with Crippen molar-refractivity contribution in [2.45, 2.75) is 222 Å². The summed E-state index contributed by atoms with van der Waals surface area (Å²) in [6, 6.07) is 14.6. The van der Waals surface area contributed by atoms with Crippen LogP contribution in [-0.2, 0) is 28.7 Å². The number of aliphatic imine (C=N–C) groups is 2. The Kier molecular flexibility index (Phi) is 27.1. The first kappa shape index (κ1) is 69.1. The second-order valence-electron chi connectivity index (χ2n) is 25.5. The Balaban J connectivity index is 0.000000375. The zero-order valence-electron chi connectivity index (χ0n) is 51.2. The summed E-state index contributed by atoms with van der Waals surface area (Å²) >= 11 is 0. The number of carbonyl (C=O) groups excluding carboxylic acids is 5. The largest absolute Gasteiger partial charge is 0.478 e. The van der Waals surface area contributed by atoms with E-state index in [9.17, 15) is 33.9 Å². The lowest BCUT2D eigenvalue weighted by Crippen LogP contribution is -2.51. The number of nitrogens with two attached hydrogens (primary N) is 1. The average molecular weight is 1130 g/mol. The number of halogens is 1. The number of ether oxygens (including phenoxy) is 2. The number of unbranched alkanes of at least 4 members (excludes halogenated alkanes) is 2. The van der Waals surface area contributed by atoms with Crippen molar-refractivity contribution in [2.24, 2.45) is 50.2 Å². The van der Waals surface area contributed by atoms with E-state index in [2.05, 4.69) is 108 Å². The second kappa shape index (κ2) is 31.3. The van der Waals surface area contributed by atoms with E-state index in [0.717, 1.165) is 112 Å². The number of carbonyl (C=O) groups is 6. The third-order valence-electron chi connectivity index (χ3n) is 16.5. The molecule has 15 nitrogen and oxygen atoms in total. The summed E-state index contributed by atoms with van der Waals surface area (Å²) in [5, 5.41) is 12.1. The lowest BCUT2D eigenvalue weighted by molar-refractivity contribution is -0.141. The predicted molar refractivity (Wildman–Crippen MR) is 322 cm³/mol. The van der Waals surface area contributed by atoms with Gasteiger partial charge in [-0.1, -0.05) is 133 Å². The van der Waals surface area contributed by atoms with Crippen molar-refractivity contribution in [3.8, 4) is 0 Å². The van der Waals surface area contributed by atoms with E-state index in [4.69, 9.17) is 15.7 Å². The van der Waals surface area contributed by atoms with E-state index in [0.29, 0.717) is 55.0 Å². The summed E-state index contributed by atoms with van der Waals surface area (Å²) < 4.78 is 8.91. The van der Waals surface area contributed by atoms with E-state index >= 15 is 0 Å². The Morgan fingerprint density at radius 1 is 0.650 bits per heavy atom. The molecule has 2 aliphatic carbocycles. The van der Waals surface area contributed by atoms with Crippen LogP contribution in [0.2, 0.25) is 0 Å². The van der Waals surface area contributed by atoms with E-state index in [1.807, 2.05) is 36.4 Å². The number of benzene rings is 2. The van der Waals surface area contributed by atoms with E-state index in [1.54, 1.807) is 12.1 Å². The third-order valence-corrected chi connectivity index (χ3v) is 16.5. The number of methoxy groups -OCH3 is 2. The zero-order valence-corrected chi connectivity index (χ0v) is 52.0. The Bertz CT molecular complexity index is 2390. The summed E-state index contributed by atoms with van der Waals surface area (Å²) in [6.45, 7) is 27.4. The number of carboxylic acids is 1. The Morgan fingerprint density at radius 3 is 1.31 bits per heavy atom. The lowest BCUT2D eigenvalue weighted by atomic mass is 9.69. The standard InChI is InChI=1S/C32H49N3O4.C28H42N2O3.C4H9NO2.ClH/c1-8-9-10-27(23-11-13-24(14-12-23)29(37)33-20-17-28(36)39-7)35-30(38)26(21-22(2)3)34-32(35)18-15-25(16-19-32)31(4,5)6;1-7-8-9-24(20-10-12-21(13-11-20)26(32)33)30-25(31)23(18-19(2)3)29-28(30)16-14-22(15-17-28)27(4,5)6;1-7-4(6)2-3-5;/h11-14,22,25,27H,8-10,15-21H2,1-7H3,(H,33,37);10-13,19,22,24H,7-9,14-18H2,1-6H3,(H,32,33);2-3,5H2,1H3;1H/t25?,27-,32?;22?,24-,28?;;/m11../s1. The monoisotopic (exact) mass is 1130 g/mol.